The molecule has 0 atom stereocenters. The van der Waals surface area contributed by atoms with Crippen molar-refractivity contribution in [2.45, 2.75) is 6.54 Å². The number of aromatic nitrogens is 1. The number of rotatable bonds is 8. The molecule has 0 spiro atoms. The maximum atomic E-state index is 10.7. The molecule has 0 bridgehead atoms. The monoisotopic (exact) mass is 519 g/mol. The highest BCUT2D eigenvalue weighted by Gasteiger charge is 2.19. The summed E-state index contributed by atoms with van der Waals surface area (Å²) in [6, 6.07) is 17.3. The van der Waals surface area contributed by atoms with Crippen molar-refractivity contribution in [2.75, 3.05) is 65.8 Å². The van der Waals surface area contributed by atoms with Crippen LogP contribution in [0.15, 0.2) is 54.6 Å². The zero-order valence-corrected chi connectivity index (χ0v) is 22.4. The van der Waals surface area contributed by atoms with Crippen molar-refractivity contribution in [3.8, 4) is 11.5 Å². The van der Waals surface area contributed by atoms with Gasteiger partial charge in [0.05, 0.1) is 23.8 Å². The van der Waals surface area contributed by atoms with Crippen LogP contribution in [0.2, 0.25) is 5.02 Å². The van der Waals surface area contributed by atoms with E-state index in [9.17, 15) is 5.11 Å². The molecule has 7 nitrogen and oxygen atoms in total. The summed E-state index contributed by atoms with van der Waals surface area (Å²) in [6.45, 7) is 6.96. The quantitative estimate of drug-likeness (QED) is 0.246. The highest BCUT2D eigenvalue weighted by Crippen LogP contribution is 2.36. The summed E-state index contributed by atoms with van der Waals surface area (Å²) in [5.41, 5.74) is 4.42. The summed E-state index contributed by atoms with van der Waals surface area (Å²) in [5.74, 6) is 1.08. The zero-order chi connectivity index (χ0) is 25.9. The van der Waals surface area contributed by atoms with Crippen LogP contribution >= 0.6 is 11.6 Å². The number of anilines is 2. The topological polar surface area (TPSA) is 64.1 Å². The van der Waals surface area contributed by atoms with Crippen molar-refractivity contribution in [1.29, 1.82) is 0 Å². The van der Waals surface area contributed by atoms with Gasteiger partial charge in [-0.3, -0.25) is 9.80 Å². The number of piperazine rings is 1. The van der Waals surface area contributed by atoms with E-state index in [-0.39, 0.29) is 0 Å². The van der Waals surface area contributed by atoms with Crippen molar-refractivity contribution in [2.24, 2.45) is 0 Å². The normalized spacial score (nSPS) is 15.1. The molecule has 1 aliphatic rings. The van der Waals surface area contributed by atoms with E-state index in [0.29, 0.717) is 17.3 Å². The molecule has 0 unspecified atom stereocenters. The van der Waals surface area contributed by atoms with Crippen LogP contribution < -0.4 is 10.1 Å². The van der Waals surface area contributed by atoms with Crippen LogP contribution in [0.5, 0.6) is 11.5 Å². The van der Waals surface area contributed by atoms with Gasteiger partial charge in [0.1, 0.15) is 11.5 Å². The number of phenolic OH excluding ortho intramolecular Hbond substituents is 1. The molecule has 194 valence electrons. The molecule has 1 saturated heterocycles. The Morgan fingerprint density at radius 3 is 2.49 bits per heavy atom. The third-order valence-electron chi connectivity index (χ3n) is 7.01. The molecule has 5 rings (SSSR count). The fourth-order valence-electron chi connectivity index (χ4n) is 4.85. The zero-order valence-electron chi connectivity index (χ0n) is 21.7. The lowest BCUT2D eigenvalue weighted by Crippen LogP contribution is -2.47. The summed E-state index contributed by atoms with van der Waals surface area (Å²) in [6.07, 6.45) is 0. The van der Waals surface area contributed by atoms with E-state index in [4.69, 9.17) is 21.3 Å². The van der Waals surface area contributed by atoms with E-state index in [1.807, 2.05) is 48.5 Å². The number of ether oxygens (including phenoxy) is 1. The first-order valence-electron chi connectivity index (χ1n) is 12.6. The lowest BCUT2D eigenvalue weighted by atomic mass is 10.1. The minimum absolute atomic E-state index is 0.318. The van der Waals surface area contributed by atoms with Gasteiger partial charge in [0, 0.05) is 72.9 Å². The van der Waals surface area contributed by atoms with E-state index >= 15 is 0 Å². The molecule has 1 aliphatic heterocycles. The molecule has 0 saturated carbocycles. The van der Waals surface area contributed by atoms with Crippen molar-refractivity contribution in [3.63, 3.8) is 0 Å². The lowest BCUT2D eigenvalue weighted by Gasteiger charge is -2.35. The molecule has 1 aromatic heterocycles. The smallest absolute Gasteiger partial charge is 0.120 e. The number of aromatic hydroxyl groups is 1. The fourth-order valence-corrected chi connectivity index (χ4v) is 5.01. The molecule has 1 fully saturated rings. The fraction of sp³-hybridized carbons (Fsp3) is 0.345. The summed E-state index contributed by atoms with van der Waals surface area (Å²) < 4.78 is 5.49. The van der Waals surface area contributed by atoms with Gasteiger partial charge in [-0.25, -0.2) is 4.98 Å². The third-order valence-corrected chi connectivity index (χ3v) is 7.25. The molecular formula is C29H34ClN5O2. The first kappa shape index (κ1) is 25.5. The van der Waals surface area contributed by atoms with Gasteiger partial charge in [0.25, 0.3) is 0 Å². The van der Waals surface area contributed by atoms with Crippen molar-refractivity contribution in [3.05, 3.63) is 65.2 Å². The molecule has 2 heterocycles. The van der Waals surface area contributed by atoms with E-state index < -0.39 is 0 Å². The molecular weight excluding hydrogens is 486 g/mol. The summed E-state index contributed by atoms with van der Waals surface area (Å²) in [4.78, 5) is 12.0. The second kappa shape index (κ2) is 11.1. The average Bonchev–Trinajstić information content (AvgIpc) is 2.89. The number of pyridine rings is 1. The Morgan fingerprint density at radius 2 is 1.73 bits per heavy atom. The van der Waals surface area contributed by atoms with Crippen molar-refractivity contribution in [1.82, 2.24) is 19.7 Å². The number of hydrogen-bond donors (Lipinski definition) is 2. The van der Waals surface area contributed by atoms with Crippen LogP contribution in [0.3, 0.4) is 0 Å². The number of fused-ring (bicyclic) bond motifs is 2. The van der Waals surface area contributed by atoms with Gasteiger partial charge in [-0.15, -0.1) is 0 Å². The Hall–Kier alpha value is -3.10. The van der Waals surface area contributed by atoms with Gasteiger partial charge in [-0.1, -0.05) is 11.6 Å². The lowest BCUT2D eigenvalue weighted by molar-refractivity contribution is 0.120. The predicted octanol–water partition coefficient (Wildman–Crippen LogP) is 5.18. The van der Waals surface area contributed by atoms with Crippen LogP contribution in [-0.2, 0) is 6.54 Å². The van der Waals surface area contributed by atoms with Crippen molar-refractivity contribution >= 4 is 44.8 Å². The first-order chi connectivity index (χ1) is 17.9. The second-order valence-electron chi connectivity index (χ2n) is 9.92. The molecule has 0 amide bonds. The Kier molecular flexibility index (Phi) is 7.67. The average molecular weight is 520 g/mol. The minimum Gasteiger partial charge on any atom is -0.508 e. The van der Waals surface area contributed by atoms with Crippen LogP contribution in [0.1, 0.15) is 5.56 Å². The SMILES string of the molecule is COc1ccc2nc3cc(Cl)ccc3c(Nc3ccc(O)c(CN4CCN(CCN(C)C)CC4)c3)c2c1. The third kappa shape index (κ3) is 5.91. The van der Waals surface area contributed by atoms with Crippen LogP contribution in [0.25, 0.3) is 21.8 Å². The number of hydrogen-bond acceptors (Lipinski definition) is 7. The standard InChI is InChI=1S/C29H34ClN5O2/c1-33(2)10-11-34-12-14-35(15-13-34)19-20-16-22(5-9-28(20)36)31-29-24-7-4-21(30)17-27(24)32-26-8-6-23(37-3)18-25(26)29/h4-9,16-18,36H,10-15,19H2,1-3H3,(H,31,32). The first-order valence-corrected chi connectivity index (χ1v) is 13.0. The number of methoxy groups -OCH3 is 1. The van der Waals surface area contributed by atoms with E-state index in [1.165, 1.54) is 0 Å². The molecule has 0 radical (unpaired) electrons. The van der Waals surface area contributed by atoms with E-state index in [2.05, 4.69) is 34.1 Å². The second-order valence-corrected chi connectivity index (χ2v) is 10.4. The molecule has 2 N–H and O–H groups in total. The number of nitrogens with one attached hydrogen (secondary N) is 1. The van der Waals surface area contributed by atoms with Gasteiger partial charge in [0.2, 0.25) is 0 Å². The van der Waals surface area contributed by atoms with E-state index in [0.717, 1.165) is 83.8 Å². The highest BCUT2D eigenvalue weighted by atomic mass is 35.5. The maximum absolute atomic E-state index is 10.7. The summed E-state index contributed by atoms with van der Waals surface area (Å²) in [5, 5.41) is 16.8. The minimum atomic E-state index is 0.318. The number of benzene rings is 3. The van der Waals surface area contributed by atoms with Gasteiger partial charge >= 0.3 is 0 Å². The highest BCUT2D eigenvalue weighted by molar-refractivity contribution is 6.31. The van der Waals surface area contributed by atoms with Gasteiger partial charge in [0.15, 0.2) is 0 Å². The molecule has 4 aromatic rings. The van der Waals surface area contributed by atoms with Gasteiger partial charge in [-0.05, 0) is 68.7 Å². The van der Waals surface area contributed by atoms with Gasteiger partial charge < -0.3 is 20.1 Å². The number of halogens is 1. The molecule has 3 aromatic carbocycles. The number of likely N-dealkylation sites (N-methyl/N-ethyl adjacent to an activating group) is 1. The number of phenols is 1. The number of nitrogens with zero attached hydrogens (tertiary/aromatic N) is 4. The molecule has 8 heteroatoms. The van der Waals surface area contributed by atoms with Crippen LogP contribution in [0, 0.1) is 0 Å². The molecule has 0 aliphatic carbocycles. The van der Waals surface area contributed by atoms with Crippen LogP contribution in [0.4, 0.5) is 11.4 Å². The van der Waals surface area contributed by atoms with Crippen LogP contribution in [-0.4, -0.2) is 85.3 Å². The largest absolute Gasteiger partial charge is 0.508 e. The summed E-state index contributed by atoms with van der Waals surface area (Å²) >= 11 is 6.28. The summed E-state index contributed by atoms with van der Waals surface area (Å²) in [7, 11) is 5.89. The van der Waals surface area contributed by atoms with E-state index in [1.54, 1.807) is 13.2 Å². The Bertz CT molecular complexity index is 1400. The molecule has 37 heavy (non-hydrogen) atoms. The van der Waals surface area contributed by atoms with Gasteiger partial charge in [-0.2, -0.15) is 0 Å². The Labute approximate surface area is 223 Å². The Balaban J connectivity index is 1.41. The Morgan fingerprint density at radius 1 is 0.946 bits per heavy atom. The predicted molar refractivity (Wildman–Crippen MR) is 152 cm³/mol. The maximum Gasteiger partial charge on any atom is 0.120 e. The van der Waals surface area contributed by atoms with Crippen molar-refractivity contribution < 1.29 is 9.84 Å².